The first kappa shape index (κ1) is 20.2. The molecule has 1 unspecified atom stereocenters. The Labute approximate surface area is 124 Å². The number of hydrogen-bond donors (Lipinski definition) is 0. The molecule has 0 aromatic rings. The van der Waals surface area contributed by atoms with Gasteiger partial charge in [0.25, 0.3) is 0 Å². The molecule has 0 heterocycles. The SMILES string of the molecule is CC(C)(C)C([CH2][Ge])C(C(C)(C)C)C(C)(C)C.Cl. The fourth-order valence-electron chi connectivity index (χ4n) is 3.43. The summed E-state index contributed by atoms with van der Waals surface area (Å²) in [4.78, 5) is 0. The predicted octanol–water partition coefficient (Wildman–Crippen LogP) is 5.37. The molecule has 0 N–H and O–H groups in total. The Bertz CT molecular complexity index is 201. The van der Waals surface area contributed by atoms with Crippen LogP contribution in [0, 0.1) is 28.1 Å². The largest absolute Gasteiger partial charge is 0.147 e. The third-order valence-electron chi connectivity index (χ3n) is 3.60. The van der Waals surface area contributed by atoms with E-state index < -0.39 is 0 Å². The minimum absolute atomic E-state index is 0. The first-order valence-corrected chi connectivity index (χ1v) is 7.94. The number of halogens is 1. The van der Waals surface area contributed by atoms with Gasteiger partial charge in [-0.2, -0.15) is 0 Å². The molecule has 0 aliphatic heterocycles. The van der Waals surface area contributed by atoms with E-state index >= 15 is 0 Å². The van der Waals surface area contributed by atoms with Crippen LogP contribution in [0.4, 0.5) is 0 Å². The van der Waals surface area contributed by atoms with E-state index in [1.807, 2.05) is 0 Å². The molecule has 17 heavy (non-hydrogen) atoms. The summed E-state index contributed by atoms with van der Waals surface area (Å²) in [6.45, 7) is 21.6. The first-order valence-electron chi connectivity index (χ1n) is 6.46. The molecule has 0 bridgehead atoms. The zero-order valence-electron chi connectivity index (χ0n) is 13.3. The van der Waals surface area contributed by atoms with E-state index in [4.69, 9.17) is 0 Å². The summed E-state index contributed by atoms with van der Waals surface area (Å²) in [6, 6.07) is 0. The monoisotopic (exact) mass is 321 g/mol. The van der Waals surface area contributed by atoms with E-state index in [2.05, 4.69) is 78.8 Å². The topological polar surface area (TPSA) is 0 Å². The van der Waals surface area contributed by atoms with Crippen molar-refractivity contribution in [1.82, 2.24) is 0 Å². The average Bonchev–Trinajstić information content (AvgIpc) is 1.91. The second-order valence-electron chi connectivity index (χ2n) is 8.39. The zero-order chi connectivity index (χ0) is 13.4. The average molecular weight is 320 g/mol. The Morgan fingerprint density at radius 2 is 1.00 bits per heavy atom. The molecule has 103 valence electrons. The maximum Gasteiger partial charge on any atom is -0.147 e. The Morgan fingerprint density at radius 1 is 0.706 bits per heavy atom. The first-order chi connectivity index (χ1) is 6.81. The van der Waals surface area contributed by atoms with Crippen molar-refractivity contribution >= 4 is 28.9 Å². The molecule has 0 spiro atoms. The minimum Gasteiger partial charge on any atom is -0.147 e. The number of rotatable bonds is 2. The molecular weight excluding hydrogens is 288 g/mol. The van der Waals surface area contributed by atoms with Crippen LogP contribution in [0.1, 0.15) is 62.3 Å². The summed E-state index contributed by atoms with van der Waals surface area (Å²) in [5, 5.41) is 1.28. The predicted molar refractivity (Wildman–Crippen MR) is 83.2 cm³/mol. The number of hydrogen-bond acceptors (Lipinski definition) is 0. The molecule has 0 aromatic heterocycles. The summed E-state index contributed by atoms with van der Waals surface area (Å²) in [6.07, 6.45) is 0. The molecule has 0 saturated carbocycles. The van der Waals surface area contributed by atoms with Gasteiger partial charge in [0.2, 0.25) is 0 Å². The third-order valence-corrected chi connectivity index (χ3v) is 4.52. The normalized spacial score (nSPS) is 15.7. The molecule has 1 atom stereocenters. The van der Waals surface area contributed by atoms with Crippen LogP contribution in [0.5, 0.6) is 0 Å². The summed E-state index contributed by atoms with van der Waals surface area (Å²) in [5.41, 5.74) is 1.17. The Balaban J connectivity index is 0. The fraction of sp³-hybridized carbons (Fsp3) is 1.00. The van der Waals surface area contributed by atoms with Crippen LogP contribution >= 0.6 is 12.4 Å². The van der Waals surface area contributed by atoms with Gasteiger partial charge in [0.15, 0.2) is 0 Å². The fourth-order valence-corrected chi connectivity index (χ4v) is 5.21. The second-order valence-corrected chi connectivity index (χ2v) is 9.24. The van der Waals surface area contributed by atoms with Gasteiger partial charge in [-0.3, -0.25) is 0 Å². The van der Waals surface area contributed by atoms with Crippen molar-refractivity contribution in [3.05, 3.63) is 0 Å². The van der Waals surface area contributed by atoms with Gasteiger partial charge < -0.3 is 0 Å². The molecular formula is C15H32ClGe. The molecule has 0 saturated heterocycles. The van der Waals surface area contributed by atoms with E-state index in [1.165, 1.54) is 5.25 Å². The van der Waals surface area contributed by atoms with Crippen LogP contribution in [-0.2, 0) is 0 Å². The molecule has 0 rings (SSSR count). The summed E-state index contributed by atoms with van der Waals surface area (Å²) in [5.74, 6) is 1.54. The van der Waals surface area contributed by atoms with Crippen molar-refractivity contribution < 1.29 is 0 Å². The van der Waals surface area contributed by atoms with Gasteiger partial charge in [0.1, 0.15) is 0 Å². The van der Waals surface area contributed by atoms with Crippen LogP contribution in [0.15, 0.2) is 0 Å². The van der Waals surface area contributed by atoms with E-state index in [0.29, 0.717) is 16.2 Å². The summed E-state index contributed by atoms with van der Waals surface area (Å²) in [7, 11) is 0. The van der Waals surface area contributed by atoms with Crippen LogP contribution in [-0.4, -0.2) is 16.5 Å². The van der Waals surface area contributed by atoms with Gasteiger partial charge >= 0.3 is 112 Å². The van der Waals surface area contributed by atoms with Gasteiger partial charge in [-0.1, -0.05) is 0 Å². The van der Waals surface area contributed by atoms with Crippen molar-refractivity contribution in [2.45, 2.75) is 67.6 Å². The van der Waals surface area contributed by atoms with Crippen molar-refractivity contribution in [3.63, 3.8) is 0 Å². The smallest absolute Gasteiger partial charge is 0.147 e. The van der Waals surface area contributed by atoms with Gasteiger partial charge in [0, 0.05) is 0 Å². The molecule has 0 nitrogen and oxygen atoms in total. The zero-order valence-corrected chi connectivity index (χ0v) is 16.2. The molecule has 0 amide bonds. The van der Waals surface area contributed by atoms with Crippen LogP contribution in [0.25, 0.3) is 0 Å². The Hall–Kier alpha value is 0.833. The molecule has 0 aromatic carbocycles. The van der Waals surface area contributed by atoms with Crippen LogP contribution in [0.3, 0.4) is 0 Å². The van der Waals surface area contributed by atoms with E-state index in [-0.39, 0.29) is 12.4 Å². The standard InChI is InChI=1S/C15H31Ge.ClH/c1-13(2,3)11(10-16)12(14(4,5)6)15(7,8)9;/h11-12H,10H2,1-9H3;1H. The van der Waals surface area contributed by atoms with Gasteiger partial charge in [-0.25, -0.2) is 0 Å². The van der Waals surface area contributed by atoms with Crippen molar-refractivity contribution in [3.8, 4) is 0 Å². The molecule has 3 radical (unpaired) electrons. The molecule has 0 aliphatic carbocycles. The van der Waals surface area contributed by atoms with Crippen molar-refractivity contribution in [2.24, 2.45) is 28.1 Å². The van der Waals surface area contributed by atoms with Gasteiger partial charge in [-0.15, -0.1) is 12.4 Å². The minimum atomic E-state index is 0. The third kappa shape index (κ3) is 6.01. The van der Waals surface area contributed by atoms with E-state index in [9.17, 15) is 0 Å². The molecule has 0 fully saturated rings. The summed E-state index contributed by atoms with van der Waals surface area (Å²) < 4.78 is 0. The molecule has 0 aliphatic rings. The van der Waals surface area contributed by atoms with Crippen molar-refractivity contribution in [1.29, 1.82) is 0 Å². The van der Waals surface area contributed by atoms with E-state index in [1.54, 1.807) is 0 Å². The van der Waals surface area contributed by atoms with Gasteiger partial charge in [0.05, 0.1) is 0 Å². The van der Waals surface area contributed by atoms with Gasteiger partial charge in [-0.05, 0) is 0 Å². The second kappa shape index (κ2) is 6.32. The quantitative estimate of drug-likeness (QED) is 0.600. The van der Waals surface area contributed by atoms with Crippen LogP contribution in [0.2, 0.25) is 5.25 Å². The maximum atomic E-state index is 2.40. The van der Waals surface area contributed by atoms with Crippen molar-refractivity contribution in [2.75, 3.05) is 0 Å². The molecule has 2 heteroatoms. The summed E-state index contributed by atoms with van der Waals surface area (Å²) >= 11 is 2.35. The Kier molecular flexibility index (Phi) is 7.50. The Morgan fingerprint density at radius 3 is 1.06 bits per heavy atom. The van der Waals surface area contributed by atoms with Crippen LogP contribution < -0.4 is 0 Å². The maximum absolute atomic E-state index is 2.40. The van der Waals surface area contributed by atoms with E-state index in [0.717, 1.165) is 11.8 Å².